The van der Waals surface area contributed by atoms with Crippen molar-refractivity contribution >= 4 is 27.5 Å². The number of anilines is 1. The second kappa shape index (κ2) is 8.16. The van der Waals surface area contributed by atoms with Crippen LogP contribution in [0, 0.1) is 18.3 Å². The van der Waals surface area contributed by atoms with Crippen molar-refractivity contribution in [1.82, 2.24) is 5.32 Å². The van der Waals surface area contributed by atoms with E-state index >= 15 is 0 Å². The van der Waals surface area contributed by atoms with E-state index in [9.17, 15) is 4.79 Å². The molecular weight excluding hydrogens is 354 g/mol. The molecule has 0 bridgehead atoms. The van der Waals surface area contributed by atoms with E-state index < -0.39 is 5.91 Å². The number of rotatable bonds is 5. The number of hydrogen-bond acceptors (Lipinski definition) is 3. The molecule has 5 heteroatoms. The highest BCUT2D eigenvalue weighted by atomic mass is 79.9. The lowest BCUT2D eigenvalue weighted by Crippen LogP contribution is -2.16. The zero-order valence-electron chi connectivity index (χ0n) is 12.6. The van der Waals surface area contributed by atoms with Crippen molar-refractivity contribution in [2.24, 2.45) is 0 Å². The summed E-state index contributed by atoms with van der Waals surface area (Å²) in [6, 6.07) is 17.1. The molecule has 2 aromatic carbocycles. The molecule has 2 rings (SSSR count). The zero-order valence-corrected chi connectivity index (χ0v) is 14.2. The Morgan fingerprint density at radius 2 is 2.00 bits per heavy atom. The predicted octanol–water partition coefficient (Wildman–Crippen LogP) is 3.89. The van der Waals surface area contributed by atoms with E-state index in [1.165, 1.54) is 6.20 Å². The number of amides is 1. The molecule has 0 radical (unpaired) electrons. The molecule has 1 amide bonds. The Balaban J connectivity index is 1.96. The average molecular weight is 370 g/mol. The van der Waals surface area contributed by atoms with Crippen molar-refractivity contribution in [3.63, 3.8) is 0 Å². The highest BCUT2D eigenvalue weighted by Crippen LogP contribution is 2.11. The molecule has 0 aliphatic carbocycles. The molecule has 4 nitrogen and oxygen atoms in total. The lowest BCUT2D eigenvalue weighted by atomic mass is 10.2. The van der Waals surface area contributed by atoms with Crippen LogP contribution in [0.15, 0.2) is 64.8 Å². The Morgan fingerprint density at radius 1 is 1.26 bits per heavy atom. The van der Waals surface area contributed by atoms with Gasteiger partial charge in [0.2, 0.25) is 0 Å². The van der Waals surface area contributed by atoms with Crippen molar-refractivity contribution in [3.05, 3.63) is 75.9 Å². The van der Waals surface area contributed by atoms with Crippen LogP contribution in [0.5, 0.6) is 0 Å². The fourth-order valence-electron chi connectivity index (χ4n) is 1.94. The number of nitriles is 1. The normalized spacial score (nSPS) is 10.7. The van der Waals surface area contributed by atoms with Crippen LogP contribution in [-0.2, 0) is 11.3 Å². The van der Waals surface area contributed by atoms with Gasteiger partial charge in [-0.3, -0.25) is 4.79 Å². The van der Waals surface area contributed by atoms with Gasteiger partial charge in [0.05, 0.1) is 0 Å². The Morgan fingerprint density at radius 3 is 2.65 bits per heavy atom. The molecule has 2 N–H and O–H groups in total. The minimum Gasteiger partial charge on any atom is -0.386 e. The standard InChI is InChI=1S/C18H16BrN3O/c1-13-3-2-4-17(9-13)22-18(23)15(10-20)12-21-11-14-5-7-16(19)8-6-14/h2-9,12,21H,11H2,1H3,(H,22,23)/b15-12-. The molecule has 116 valence electrons. The summed E-state index contributed by atoms with van der Waals surface area (Å²) in [5, 5.41) is 14.8. The molecule has 0 saturated carbocycles. The van der Waals surface area contributed by atoms with E-state index in [-0.39, 0.29) is 5.57 Å². The van der Waals surface area contributed by atoms with Gasteiger partial charge in [0.25, 0.3) is 5.91 Å². The molecule has 0 saturated heterocycles. The average Bonchev–Trinajstić information content (AvgIpc) is 2.53. The molecule has 0 aliphatic heterocycles. The van der Waals surface area contributed by atoms with Gasteiger partial charge in [0, 0.05) is 22.9 Å². The van der Waals surface area contributed by atoms with Crippen LogP contribution in [0.25, 0.3) is 0 Å². The first kappa shape index (κ1) is 16.8. The van der Waals surface area contributed by atoms with Crippen LogP contribution in [0.2, 0.25) is 0 Å². The SMILES string of the molecule is Cc1cccc(NC(=O)/C(C#N)=C\NCc2ccc(Br)cc2)c1. The summed E-state index contributed by atoms with van der Waals surface area (Å²) in [6.07, 6.45) is 1.44. The number of hydrogen-bond donors (Lipinski definition) is 2. The lowest BCUT2D eigenvalue weighted by Gasteiger charge is -2.06. The fraction of sp³-hybridized carbons (Fsp3) is 0.111. The topological polar surface area (TPSA) is 64.9 Å². The van der Waals surface area contributed by atoms with E-state index in [1.807, 2.05) is 55.5 Å². The second-order valence-corrected chi connectivity index (χ2v) is 5.92. The Hall–Kier alpha value is -2.58. The number of aryl methyl sites for hydroxylation is 1. The molecule has 0 fully saturated rings. The number of nitrogens with zero attached hydrogens (tertiary/aromatic N) is 1. The molecule has 0 spiro atoms. The summed E-state index contributed by atoms with van der Waals surface area (Å²) in [6.45, 7) is 2.48. The van der Waals surface area contributed by atoms with E-state index in [4.69, 9.17) is 5.26 Å². The Bertz CT molecular complexity index is 761. The zero-order chi connectivity index (χ0) is 16.7. The Kier molecular flexibility index (Phi) is 5.95. The molecule has 0 atom stereocenters. The lowest BCUT2D eigenvalue weighted by molar-refractivity contribution is -0.112. The van der Waals surface area contributed by atoms with Crippen LogP contribution in [0.4, 0.5) is 5.69 Å². The summed E-state index contributed by atoms with van der Waals surface area (Å²) < 4.78 is 1.01. The minimum absolute atomic E-state index is 0.0311. The van der Waals surface area contributed by atoms with Gasteiger partial charge in [-0.1, -0.05) is 40.2 Å². The predicted molar refractivity (Wildman–Crippen MR) is 94.5 cm³/mol. The van der Waals surface area contributed by atoms with Crippen LogP contribution in [0.1, 0.15) is 11.1 Å². The summed E-state index contributed by atoms with van der Waals surface area (Å²) >= 11 is 3.38. The van der Waals surface area contributed by atoms with Gasteiger partial charge < -0.3 is 10.6 Å². The first-order valence-electron chi connectivity index (χ1n) is 7.04. The van der Waals surface area contributed by atoms with Gasteiger partial charge in [-0.2, -0.15) is 5.26 Å². The molecule has 0 heterocycles. The van der Waals surface area contributed by atoms with Crippen molar-refractivity contribution in [1.29, 1.82) is 5.26 Å². The molecule has 23 heavy (non-hydrogen) atoms. The van der Waals surface area contributed by atoms with Crippen LogP contribution in [-0.4, -0.2) is 5.91 Å². The van der Waals surface area contributed by atoms with Crippen LogP contribution < -0.4 is 10.6 Å². The maximum atomic E-state index is 12.1. The van der Waals surface area contributed by atoms with E-state index in [0.29, 0.717) is 12.2 Å². The van der Waals surface area contributed by atoms with Gasteiger partial charge >= 0.3 is 0 Å². The number of nitrogens with one attached hydrogen (secondary N) is 2. The number of carbonyl (C=O) groups is 1. The highest BCUT2D eigenvalue weighted by molar-refractivity contribution is 9.10. The quantitative estimate of drug-likeness (QED) is 0.620. The molecular formula is C18H16BrN3O. The fourth-order valence-corrected chi connectivity index (χ4v) is 2.21. The van der Waals surface area contributed by atoms with Crippen molar-refractivity contribution in [2.45, 2.75) is 13.5 Å². The van der Waals surface area contributed by atoms with Crippen molar-refractivity contribution < 1.29 is 4.79 Å². The van der Waals surface area contributed by atoms with Crippen molar-refractivity contribution in [3.8, 4) is 6.07 Å². The maximum absolute atomic E-state index is 12.1. The largest absolute Gasteiger partial charge is 0.386 e. The molecule has 0 unspecified atom stereocenters. The van der Waals surface area contributed by atoms with Gasteiger partial charge in [0.15, 0.2) is 0 Å². The van der Waals surface area contributed by atoms with Gasteiger partial charge in [-0.15, -0.1) is 0 Å². The van der Waals surface area contributed by atoms with Crippen LogP contribution >= 0.6 is 15.9 Å². The number of carbonyl (C=O) groups excluding carboxylic acids is 1. The van der Waals surface area contributed by atoms with Crippen molar-refractivity contribution in [2.75, 3.05) is 5.32 Å². The van der Waals surface area contributed by atoms with E-state index in [0.717, 1.165) is 15.6 Å². The molecule has 0 aliphatic rings. The highest BCUT2D eigenvalue weighted by Gasteiger charge is 2.09. The summed E-state index contributed by atoms with van der Waals surface area (Å²) in [5.74, 6) is -0.429. The monoisotopic (exact) mass is 369 g/mol. The van der Waals surface area contributed by atoms with E-state index in [1.54, 1.807) is 6.07 Å². The minimum atomic E-state index is -0.429. The third kappa shape index (κ3) is 5.28. The molecule has 0 aromatic heterocycles. The summed E-state index contributed by atoms with van der Waals surface area (Å²) in [5.41, 5.74) is 2.80. The molecule has 2 aromatic rings. The first-order valence-corrected chi connectivity index (χ1v) is 7.84. The Labute approximate surface area is 144 Å². The third-order valence-corrected chi connectivity index (χ3v) is 3.64. The first-order chi connectivity index (χ1) is 11.1. The van der Waals surface area contributed by atoms with E-state index in [2.05, 4.69) is 26.6 Å². The summed E-state index contributed by atoms with van der Waals surface area (Å²) in [7, 11) is 0. The third-order valence-electron chi connectivity index (χ3n) is 3.11. The smallest absolute Gasteiger partial charge is 0.267 e. The van der Waals surface area contributed by atoms with Gasteiger partial charge in [-0.25, -0.2) is 0 Å². The van der Waals surface area contributed by atoms with Gasteiger partial charge in [-0.05, 0) is 42.3 Å². The summed E-state index contributed by atoms with van der Waals surface area (Å²) in [4.78, 5) is 12.1. The number of benzene rings is 2. The number of halogens is 1. The van der Waals surface area contributed by atoms with Gasteiger partial charge in [0.1, 0.15) is 11.6 Å². The second-order valence-electron chi connectivity index (χ2n) is 5.00. The van der Waals surface area contributed by atoms with Crippen LogP contribution in [0.3, 0.4) is 0 Å². The maximum Gasteiger partial charge on any atom is 0.267 e.